The minimum absolute atomic E-state index is 0.0934. The Hall–Kier alpha value is -4.07. The first-order valence-electron chi connectivity index (χ1n) is 9.12. The molecule has 29 heavy (non-hydrogen) atoms. The van der Waals surface area contributed by atoms with Crippen molar-refractivity contribution in [2.45, 2.75) is 13.3 Å². The molecule has 0 atom stereocenters. The number of rotatable bonds is 6. The van der Waals surface area contributed by atoms with Crippen molar-refractivity contribution in [3.05, 3.63) is 82.8 Å². The summed E-state index contributed by atoms with van der Waals surface area (Å²) in [6.45, 7) is 2.07. The van der Waals surface area contributed by atoms with Gasteiger partial charge < -0.3 is 10.6 Å². The van der Waals surface area contributed by atoms with Crippen molar-refractivity contribution in [2.75, 3.05) is 10.6 Å². The quantitative estimate of drug-likeness (QED) is 0.355. The first kappa shape index (κ1) is 18.3. The monoisotopic (exact) mass is 386 g/mol. The highest BCUT2D eigenvalue weighted by molar-refractivity contribution is 5.93. The zero-order valence-corrected chi connectivity index (χ0v) is 15.7. The van der Waals surface area contributed by atoms with Gasteiger partial charge in [0.05, 0.1) is 16.1 Å². The lowest BCUT2D eigenvalue weighted by Gasteiger charge is -2.11. The van der Waals surface area contributed by atoms with Crippen LogP contribution in [0.2, 0.25) is 0 Å². The molecule has 0 radical (unpaired) electrons. The molecule has 2 heterocycles. The van der Waals surface area contributed by atoms with Crippen molar-refractivity contribution in [2.24, 2.45) is 0 Å². The number of hydrogen-bond donors (Lipinski definition) is 2. The molecule has 2 aromatic carbocycles. The number of benzene rings is 2. The van der Waals surface area contributed by atoms with Crippen LogP contribution in [-0.2, 0) is 6.42 Å². The number of aryl methyl sites for hydroxylation is 1. The molecule has 0 bridgehead atoms. The second kappa shape index (κ2) is 7.89. The summed E-state index contributed by atoms with van der Waals surface area (Å²) in [5.41, 5.74) is 2.98. The zero-order valence-electron chi connectivity index (χ0n) is 15.7. The molecule has 0 amide bonds. The highest BCUT2D eigenvalue weighted by Gasteiger charge is 2.24. The minimum atomic E-state index is -0.496. The minimum Gasteiger partial charge on any atom is -0.334 e. The number of aromatic nitrogens is 3. The second-order valence-corrected chi connectivity index (χ2v) is 6.36. The Morgan fingerprint density at radius 3 is 2.38 bits per heavy atom. The van der Waals surface area contributed by atoms with Gasteiger partial charge in [0.25, 0.3) is 0 Å². The third-order valence-corrected chi connectivity index (χ3v) is 4.52. The van der Waals surface area contributed by atoms with E-state index in [1.54, 1.807) is 12.3 Å². The lowest BCUT2D eigenvalue weighted by Crippen LogP contribution is -2.06. The van der Waals surface area contributed by atoms with Gasteiger partial charge in [0.1, 0.15) is 6.33 Å². The molecule has 0 saturated carbocycles. The maximum absolute atomic E-state index is 11.8. The number of nitrogens with zero attached hydrogens (tertiary/aromatic N) is 4. The van der Waals surface area contributed by atoms with Crippen LogP contribution in [0, 0.1) is 10.1 Å². The van der Waals surface area contributed by atoms with E-state index in [0.29, 0.717) is 16.9 Å². The van der Waals surface area contributed by atoms with Crippen molar-refractivity contribution in [1.29, 1.82) is 0 Å². The number of fused-ring (bicyclic) bond motifs is 1. The summed E-state index contributed by atoms with van der Waals surface area (Å²) < 4.78 is 0. The second-order valence-electron chi connectivity index (χ2n) is 6.36. The third-order valence-electron chi connectivity index (χ3n) is 4.52. The predicted octanol–water partition coefficient (Wildman–Crippen LogP) is 4.98. The average molecular weight is 386 g/mol. The maximum Gasteiger partial charge on any atom is 0.353 e. The van der Waals surface area contributed by atoms with Crippen LogP contribution in [0.5, 0.6) is 0 Å². The largest absolute Gasteiger partial charge is 0.353 e. The highest BCUT2D eigenvalue weighted by Crippen LogP contribution is 2.34. The van der Waals surface area contributed by atoms with Crippen molar-refractivity contribution in [1.82, 2.24) is 15.0 Å². The van der Waals surface area contributed by atoms with Crippen LogP contribution in [0.4, 0.5) is 28.7 Å². The van der Waals surface area contributed by atoms with E-state index >= 15 is 0 Å². The third kappa shape index (κ3) is 3.81. The van der Waals surface area contributed by atoms with Gasteiger partial charge in [-0.05, 0) is 36.2 Å². The Labute approximate surface area is 166 Å². The van der Waals surface area contributed by atoms with E-state index in [9.17, 15) is 10.1 Å². The molecule has 0 spiro atoms. The fourth-order valence-corrected chi connectivity index (χ4v) is 3.03. The molecule has 0 aliphatic heterocycles. The van der Waals surface area contributed by atoms with Crippen LogP contribution in [0.25, 0.3) is 10.9 Å². The SMILES string of the molecule is CCc1ccc(Nc2ncnc(Nc3cccc4cccnc34)c2[N+](=O)[O-])cc1. The van der Waals surface area contributed by atoms with Gasteiger partial charge in [0.2, 0.25) is 11.6 Å². The molecule has 4 rings (SSSR count). The number of pyridine rings is 1. The molecule has 2 N–H and O–H groups in total. The van der Waals surface area contributed by atoms with Crippen LogP contribution in [0.15, 0.2) is 67.1 Å². The number of para-hydroxylation sites is 1. The molecule has 0 aliphatic rings. The van der Waals surface area contributed by atoms with E-state index in [1.807, 2.05) is 48.5 Å². The molecule has 4 aromatic rings. The van der Waals surface area contributed by atoms with Gasteiger partial charge in [-0.25, -0.2) is 9.97 Å². The summed E-state index contributed by atoms with van der Waals surface area (Å²) in [5.74, 6) is 0.209. The van der Waals surface area contributed by atoms with E-state index in [2.05, 4.69) is 32.5 Å². The molecule has 0 fully saturated rings. The van der Waals surface area contributed by atoms with Gasteiger partial charge in [-0.15, -0.1) is 0 Å². The molecule has 8 heteroatoms. The number of nitro groups is 1. The number of nitrogens with one attached hydrogen (secondary N) is 2. The number of anilines is 4. The van der Waals surface area contributed by atoms with Crippen LogP contribution < -0.4 is 10.6 Å². The van der Waals surface area contributed by atoms with Crippen molar-refractivity contribution in [3.8, 4) is 0 Å². The van der Waals surface area contributed by atoms with Crippen LogP contribution in [0.1, 0.15) is 12.5 Å². The van der Waals surface area contributed by atoms with E-state index in [0.717, 1.165) is 11.8 Å². The number of hydrogen-bond acceptors (Lipinski definition) is 7. The first-order chi connectivity index (χ1) is 14.2. The summed E-state index contributed by atoms with van der Waals surface area (Å²) >= 11 is 0. The Balaban J connectivity index is 1.72. The van der Waals surface area contributed by atoms with Gasteiger partial charge in [0, 0.05) is 17.3 Å². The standard InChI is InChI=1S/C21H18N6O2/c1-2-14-8-10-16(11-9-14)25-20-19(27(28)29)21(24-13-23-20)26-17-7-3-5-15-6-4-12-22-18(15)17/h3-13H,2H2,1H3,(H2,23,24,25,26). The summed E-state index contributed by atoms with van der Waals surface area (Å²) in [7, 11) is 0. The summed E-state index contributed by atoms with van der Waals surface area (Å²) in [6, 6.07) is 17.0. The van der Waals surface area contributed by atoms with E-state index in [1.165, 1.54) is 11.9 Å². The van der Waals surface area contributed by atoms with Crippen molar-refractivity contribution in [3.63, 3.8) is 0 Å². The smallest absolute Gasteiger partial charge is 0.334 e. The molecule has 0 saturated heterocycles. The Morgan fingerprint density at radius 2 is 1.66 bits per heavy atom. The summed E-state index contributed by atoms with van der Waals surface area (Å²) in [4.78, 5) is 23.9. The fraction of sp³-hybridized carbons (Fsp3) is 0.0952. The summed E-state index contributed by atoms with van der Waals surface area (Å²) in [5, 5.41) is 18.8. The van der Waals surface area contributed by atoms with Gasteiger partial charge in [-0.1, -0.05) is 37.3 Å². The van der Waals surface area contributed by atoms with E-state index < -0.39 is 4.92 Å². The molecule has 0 aliphatic carbocycles. The van der Waals surface area contributed by atoms with Gasteiger partial charge >= 0.3 is 5.69 Å². The topological polar surface area (TPSA) is 106 Å². The predicted molar refractivity (Wildman–Crippen MR) is 113 cm³/mol. The highest BCUT2D eigenvalue weighted by atomic mass is 16.6. The molecule has 8 nitrogen and oxygen atoms in total. The van der Waals surface area contributed by atoms with Gasteiger partial charge in [0.15, 0.2) is 0 Å². The van der Waals surface area contributed by atoms with Crippen LogP contribution >= 0.6 is 0 Å². The Morgan fingerprint density at radius 1 is 0.931 bits per heavy atom. The zero-order chi connectivity index (χ0) is 20.2. The van der Waals surface area contributed by atoms with Gasteiger partial charge in [-0.3, -0.25) is 15.1 Å². The average Bonchev–Trinajstić information content (AvgIpc) is 2.74. The van der Waals surface area contributed by atoms with Crippen LogP contribution in [-0.4, -0.2) is 19.9 Å². The Kier molecular flexibility index (Phi) is 4.98. The maximum atomic E-state index is 11.8. The first-order valence-corrected chi connectivity index (χ1v) is 9.12. The molecule has 2 aromatic heterocycles. The molecular formula is C21H18N6O2. The van der Waals surface area contributed by atoms with Gasteiger partial charge in [-0.2, -0.15) is 0 Å². The normalized spacial score (nSPS) is 10.7. The fourth-order valence-electron chi connectivity index (χ4n) is 3.03. The lowest BCUT2D eigenvalue weighted by atomic mass is 10.1. The van der Waals surface area contributed by atoms with Crippen molar-refractivity contribution >= 4 is 39.6 Å². The molecular weight excluding hydrogens is 368 g/mol. The van der Waals surface area contributed by atoms with E-state index in [4.69, 9.17) is 0 Å². The van der Waals surface area contributed by atoms with Crippen LogP contribution in [0.3, 0.4) is 0 Å². The Bertz CT molecular complexity index is 1170. The lowest BCUT2D eigenvalue weighted by molar-refractivity contribution is -0.383. The van der Waals surface area contributed by atoms with E-state index in [-0.39, 0.29) is 17.3 Å². The molecule has 0 unspecified atom stereocenters. The molecule has 144 valence electrons. The summed E-state index contributed by atoms with van der Waals surface area (Å²) in [6.07, 6.45) is 3.88. The van der Waals surface area contributed by atoms with Crippen molar-refractivity contribution < 1.29 is 4.92 Å².